The summed E-state index contributed by atoms with van der Waals surface area (Å²) in [5.74, 6) is 1.30. The predicted octanol–water partition coefficient (Wildman–Crippen LogP) is 1.33. The van der Waals surface area contributed by atoms with Crippen molar-refractivity contribution in [3.05, 3.63) is 0 Å². The summed E-state index contributed by atoms with van der Waals surface area (Å²) in [6.07, 6.45) is 2.81. The lowest BCUT2D eigenvalue weighted by molar-refractivity contribution is -0.564. The molecule has 9 heavy (non-hydrogen) atoms. The van der Waals surface area contributed by atoms with Crippen molar-refractivity contribution in [2.45, 2.75) is 25.3 Å². The van der Waals surface area contributed by atoms with Crippen LogP contribution in [0, 0.1) is 0 Å². The summed E-state index contributed by atoms with van der Waals surface area (Å²) in [6, 6.07) is 0. The van der Waals surface area contributed by atoms with Gasteiger partial charge >= 0.3 is 0 Å². The van der Waals surface area contributed by atoms with Crippen molar-refractivity contribution >= 4 is 17.3 Å². The van der Waals surface area contributed by atoms with E-state index in [0.717, 1.165) is 0 Å². The Morgan fingerprint density at radius 1 is 1.56 bits per heavy atom. The molecule has 0 bridgehead atoms. The van der Waals surface area contributed by atoms with E-state index in [1.54, 1.807) is 0 Å². The summed E-state index contributed by atoms with van der Waals surface area (Å²) >= 11 is 1.95. The molecule has 0 aromatic heterocycles. The largest absolute Gasteiger partial charge is 0.225 e. The molecule has 0 aromatic carbocycles. The molecule has 0 amide bonds. The Bertz CT molecular complexity index is 158. The van der Waals surface area contributed by atoms with Crippen LogP contribution in [-0.4, -0.2) is 28.0 Å². The summed E-state index contributed by atoms with van der Waals surface area (Å²) < 4.78 is 2.50. The first kappa shape index (κ1) is 5.78. The Kier molecular flexibility index (Phi) is 1.12. The fourth-order valence-electron chi connectivity index (χ4n) is 1.21. The van der Waals surface area contributed by atoms with Gasteiger partial charge in [0.05, 0.1) is 5.75 Å². The van der Waals surface area contributed by atoms with E-state index in [1.165, 1.54) is 25.1 Å². The highest BCUT2D eigenvalue weighted by Crippen LogP contribution is 2.39. The highest BCUT2D eigenvalue weighted by Gasteiger charge is 2.49. The zero-order valence-corrected chi connectivity index (χ0v) is 6.58. The van der Waals surface area contributed by atoms with Gasteiger partial charge in [0.15, 0.2) is 17.6 Å². The van der Waals surface area contributed by atoms with Crippen LogP contribution in [-0.2, 0) is 0 Å². The molecule has 1 nitrogen and oxygen atoms in total. The smallest absolute Gasteiger partial charge is 0.198 e. The standard InChI is InChI=1S/C7H12NS/c1-7(2-3-7)8-4-5-9-6-8/h6H,2-5H2,1H3/q+1. The number of nitrogens with zero attached hydrogens (tertiary/aromatic N) is 1. The third-order valence-corrected chi connectivity index (χ3v) is 3.14. The average molecular weight is 142 g/mol. The molecule has 0 unspecified atom stereocenters. The SMILES string of the molecule is CC1([N+]2=CSCC2)CC1. The minimum atomic E-state index is 0.587. The zero-order chi connectivity index (χ0) is 6.32. The number of thioether (sulfide) groups is 1. The van der Waals surface area contributed by atoms with Crippen LogP contribution in [0.4, 0.5) is 0 Å². The monoisotopic (exact) mass is 142 g/mol. The van der Waals surface area contributed by atoms with Crippen LogP contribution < -0.4 is 0 Å². The third kappa shape index (κ3) is 0.895. The summed E-state index contributed by atoms with van der Waals surface area (Å²) in [7, 11) is 0. The van der Waals surface area contributed by atoms with E-state index in [2.05, 4.69) is 17.0 Å². The summed E-state index contributed by atoms with van der Waals surface area (Å²) in [5.41, 5.74) is 2.89. The van der Waals surface area contributed by atoms with E-state index in [-0.39, 0.29) is 0 Å². The molecule has 1 fully saturated rings. The molecular weight excluding hydrogens is 130 g/mol. The van der Waals surface area contributed by atoms with E-state index >= 15 is 0 Å². The van der Waals surface area contributed by atoms with Gasteiger partial charge in [-0.05, 0) is 0 Å². The Hall–Kier alpha value is 0.0200. The predicted molar refractivity (Wildman–Crippen MR) is 41.3 cm³/mol. The van der Waals surface area contributed by atoms with Gasteiger partial charge in [0.25, 0.3) is 0 Å². The number of rotatable bonds is 1. The van der Waals surface area contributed by atoms with Gasteiger partial charge in [-0.3, -0.25) is 0 Å². The number of hydrogen-bond acceptors (Lipinski definition) is 1. The first-order chi connectivity index (χ1) is 4.31. The fraction of sp³-hybridized carbons (Fsp3) is 0.857. The topological polar surface area (TPSA) is 3.01 Å². The van der Waals surface area contributed by atoms with Crippen molar-refractivity contribution in [1.29, 1.82) is 0 Å². The molecule has 0 atom stereocenters. The van der Waals surface area contributed by atoms with Crippen molar-refractivity contribution in [2.75, 3.05) is 12.3 Å². The van der Waals surface area contributed by atoms with Crippen LogP contribution in [0.15, 0.2) is 0 Å². The molecular formula is C7H12NS+. The third-order valence-electron chi connectivity index (χ3n) is 2.32. The van der Waals surface area contributed by atoms with Gasteiger partial charge in [-0.15, -0.1) is 0 Å². The van der Waals surface area contributed by atoms with Crippen LogP contribution in [0.5, 0.6) is 0 Å². The average Bonchev–Trinajstić information content (AvgIpc) is 2.46. The van der Waals surface area contributed by atoms with Crippen molar-refractivity contribution in [3.8, 4) is 0 Å². The molecule has 2 rings (SSSR count). The molecule has 1 aliphatic heterocycles. The van der Waals surface area contributed by atoms with Crippen LogP contribution in [0.2, 0.25) is 0 Å². The molecule has 1 heterocycles. The molecule has 0 saturated heterocycles. The van der Waals surface area contributed by atoms with Crippen molar-refractivity contribution < 1.29 is 4.58 Å². The highest BCUT2D eigenvalue weighted by atomic mass is 32.2. The maximum absolute atomic E-state index is 2.50. The molecule has 0 N–H and O–H groups in total. The Balaban J connectivity index is 2.12. The van der Waals surface area contributed by atoms with E-state index in [9.17, 15) is 0 Å². The van der Waals surface area contributed by atoms with E-state index < -0.39 is 0 Å². The quantitative estimate of drug-likeness (QED) is 0.499. The first-order valence-corrected chi connectivity index (χ1v) is 4.58. The van der Waals surface area contributed by atoms with Crippen LogP contribution in [0.25, 0.3) is 0 Å². The second-order valence-electron chi connectivity index (χ2n) is 3.17. The van der Waals surface area contributed by atoms with Gasteiger partial charge < -0.3 is 0 Å². The second kappa shape index (κ2) is 1.75. The van der Waals surface area contributed by atoms with Gasteiger partial charge in [-0.25, -0.2) is 4.58 Å². The minimum Gasteiger partial charge on any atom is -0.225 e. The van der Waals surface area contributed by atoms with Crippen LogP contribution in [0.3, 0.4) is 0 Å². The van der Waals surface area contributed by atoms with E-state index in [4.69, 9.17) is 0 Å². The van der Waals surface area contributed by atoms with Gasteiger partial charge in [0.1, 0.15) is 0 Å². The molecule has 2 heteroatoms. The Morgan fingerprint density at radius 2 is 2.33 bits per heavy atom. The first-order valence-electron chi connectivity index (χ1n) is 3.53. The maximum Gasteiger partial charge on any atom is 0.198 e. The fourth-order valence-corrected chi connectivity index (χ4v) is 2.16. The van der Waals surface area contributed by atoms with Gasteiger partial charge in [0.2, 0.25) is 0 Å². The zero-order valence-electron chi connectivity index (χ0n) is 5.76. The molecule has 50 valence electrons. The molecule has 1 aliphatic carbocycles. The molecule has 0 radical (unpaired) electrons. The summed E-state index contributed by atoms with van der Waals surface area (Å²) in [6.45, 7) is 3.64. The molecule has 2 aliphatic rings. The lowest BCUT2D eigenvalue weighted by Gasteiger charge is -2.02. The second-order valence-corrected chi connectivity index (χ2v) is 4.12. The van der Waals surface area contributed by atoms with Crippen molar-refractivity contribution in [1.82, 2.24) is 0 Å². The Morgan fingerprint density at radius 3 is 2.78 bits per heavy atom. The van der Waals surface area contributed by atoms with Crippen LogP contribution in [0.1, 0.15) is 19.8 Å². The molecule has 0 spiro atoms. The Labute approximate surface area is 60.1 Å². The minimum absolute atomic E-state index is 0.587. The van der Waals surface area contributed by atoms with Gasteiger partial charge in [-0.1, -0.05) is 11.8 Å². The summed E-state index contributed by atoms with van der Waals surface area (Å²) in [5, 5.41) is 0. The lowest BCUT2D eigenvalue weighted by Crippen LogP contribution is -2.23. The van der Waals surface area contributed by atoms with Gasteiger partial charge in [0, 0.05) is 19.8 Å². The number of hydrogen-bond donors (Lipinski definition) is 0. The van der Waals surface area contributed by atoms with Crippen molar-refractivity contribution in [2.24, 2.45) is 0 Å². The maximum atomic E-state index is 2.50. The van der Waals surface area contributed by atoms with Gasteiger partial charge in [-0.2, -0.15) is 0 Å². The lowest BCUT2D eigenvalue weighted by atomic mass is 10.3. The normalized spacial score (nSPS) is 30.1. The van der Waals surface area contributed by atoms with Crippen molar-refractivity contribution in [3.63, 3.8) is 0 Å². The molecule has 0 aromatic rings. The van der Waals surface area contributed by atoms with E-state index in [1.807, 2.05) is 11.8 Å². The van der Waals surface area contributed by atoms with Crippen LogP contribution >= 0.6 is 11.8 Å². The van der Waals surface area contributed by atoms with E-state index in [0.29, 0.717) is 5.54 Å². The molecule has 1 saturated carbocycles. The highest BCUT2D eigenvalue weighted by molar-refractivity contribution is 8.12. The summed E-state index contributed by atoms with van der Waals surface area (Å²) in [4.78, 5) is 0.